The predicted octanol–water partition coefficient (Wildman–Crippen LogP) is 17.9. The van der Waals surface area contributed by atoms with Crippen molar-refractivity contribution in [2.75, 3.05) is 0 Å². The molecule has 434 valence electrons. The average Bonchev–Trinajstić information content (AvgIpc) is 3.98. The minimum atomic E-state index is -0.259. The fraction of sp³-hybridized carbons (Fsp3) is 0.493. The number of phenols is 4. The monoisotopic (exact) mass is 1100 g/mol. The first-order valence-electron chi connectivity index (χ1n) is 29.1. The van der Waals surface area contributed by atoms with Crippen LogP contribution in [0.5, 0.6) is 23.0 Å². The van der Waals surface area contributed by atoms with Gasteiger partial charge in [0.2, 0.25) is 0 Å². The third kappa shape index (κ3) is 14.7. The quantitative estimate of drug-likeness (QED) is 0.0947. The zero-order valence-corrected chi connectivity index (χ0v) is 53.2. The van der Waals surface area contributed by atoms with E-state index in [9.17, 15) is 20.4 Å². The molecule has 2 aromatic heterocycles. The van der Waals surface area contributed by atoms with Crippen molar-refractivity contribution >= 4 is 22.1 Å². The number of phenolic OH excluding ortho intramolecular Hbond substituents is 4. The van der Waals surface area contributed by atoms with Crippen LogP contribution < -0.4 is 0 Å². The van der Waals surface area contributed by atoms with Gasteiger partial charge >= 0.3 is 0 Å². The van der Waals surface area contributed by atoms with Crippen molar-refractivity contribution in [1.82, 2.24) is 30.0 Å². The lowest BCUT2D eigenvalue weighted by molar-refractivity contribution is 0.274. The maximum Gasteiger partial charge on any atom is 0.146 e. The number of benzene rings is 6. The van der Waals surface area contributed by atoms with E-state index in [0.717, 1.165) is 91.4 Å². The van der Waals surface area contributed by atoms with Crippen LogP contribution in [0.3, 0.4) is 0 Å². The molecule has 0 bridgehead atoms. The second-order valence-corrected chi connectivity index (χ2v) is 31.0. The summed E-state index contributed by atoms with van der Waals surface area (Å²) in [6, 6.07) is 32.1. The Morgan fingerprint density at radius 1 is 0.346 bits per heavy atom. The Morgan fingerprint density at radius 2 is 0.667 bits per heavy atom. The zero-order valence-electron chi connectivity index (χ0n) is 53.2. The number of hydrogen-bond acceptors (Lipinski definition) is 8. The van der Waals surface area contributed by atoms with Crippen molar-refractivity contribution in [3.8, 4) is 34.4 Å². The van der Waals surface area contributed by atoms with Crippen LogP contribution in [0.2, 0.25) is 0 Å². The topological polar surface area (TPSA) is 142 Å². The predicted molar refractivity (Wildman–Crippen MR) is 336 cm³/mol. The first-order valence-corrected chi connectivity index (χ1v) is 29.1. The molecule has 2 heterocycles. The van der Waals surface area contributed by atoms with Gasteiger partial charge in [0, 0.05) is 29.5 Å². The van der Waals surface area contributed by atoms with E-state index in [-0.39, 0.29) is 54.8 Å². The second-order valence-electron chi connectivity index (χ2n) is 31.0. The molecule has 0 radical (unpaired) electrons. The van der Waals surface area contributed by atoms with Crippen LogP contribution in [0.25, 0.3) is 33.4 Å². The Hall–Kier alpha value is -6.68. The van der Waals surface area contributed by atoms with Gasteiger partial charge in [0.05, 0.1) is 0 Å². The molecule has 8 rings (SSSR count). The minimum Gasteiger partial charge on any atom is -0.507 e. The molecular formula is C71H96N6O4. The molecule has 0 amide bonds. The average molecular weight is 1100 g/mol. The summed E-state index contributed by atoms with van der Waals surface area (Å²) in [6.07, 6.45) is 3.66. The summed E-state index contributed by atoms with van der Waals surface area (Å²) in [5, 5.41) is 65.3. The highest BCUT2D eigenvalue weighted by Gasteiger charge is 2.36. The summed E-state index contributed by atoms with van der Waals surface area (Å²) < 4.78 is 0. The summed E-state index contributed by atoms with van der Waals surface area (Å²) in [5.74, 6) is 0.877. The number of rotatable bonds is 12. The molecule has 81 heavy (non-hydrogen) atoms. The minimum absolute atomic E-state index is 0.0849. The molecule has 0 fully saturated rings. The van der Waals surface area contributed by atoms with Gasteiger partial charge in [-0.1, -0.05) is 212 Å². The van der Waals surface area contributed by atoms with E-state index >= 15 is 0 Å². The highest BCUT2D eigenvalue weighted by atomic mass is 16.3. The number of aryl methyl sites for hydroxylation is 1. The lowest BCUT2D eigenvalue weighted by Gasteiger charge is -2.37. The van der Waals surface area contributed by atoms with Crippen LogP contribution in [0.4, 0.5) is 0 Å². The van der Waals surface area contributed by atoms with Gasteiger partial charge in [0.25, 0.3) is 0 Å². The summed E-state index contributed by atoms with van der Waals surface area (Å²) in [7, 11) is 0. The molecule has 10 nitrogen and oxygen atoms in total. The van der Waals surface area contributed by atoms with Gasteiger partial charge < -0.3 is 20.4 Å². The van der Waals surface area contributed by atoms with Crippen LogP contribution in [-0.4, -0.2) is 50.4 Å². The van der Waals surface area contributed by atoms with E-state index in [2.05, 4.69) is 190 Å². The smallest absolute Gasteiger partial charge is 0.146 e. The molecule has 0 spiro atoms. The van der Waals surface area contributed by atoms with E-state index in [0.29, 0.717) is 35.7 Å². The summed E-state index contributed by atoms with van der Waals surface area (Å²) in [6.45, 7) is 48.8. The number of hydrogen-bond donors (Lipinski definition) is 4. The third-order valence-electron chi connectivity index (χ3n) is 15.5. The van der Waals surface area contributed by atoms with E-state index in [4.69, 9.17) is 0 Å². The molecule has 6 aromatic carbocycles. The first-order chi connectivity index (χ1) is 37.0. The van der Waals surface area contributed by atoms with Gasteiger partial charge in [-0.3, -0.25) is 0 Å². The van der Waals surface area contributed by atoms with Gasteiger partial charge in [-0.2, -0.15) is 0 Å². The van der Waals surface area contributed by atoms with Gasteiger partial charge in [-0.15, -0.1) is 30.0 Å². The highest BCUT2D eigenvalue weighted by Crippen LogP contribution is 2.48. The molecule has 0 aliphatic carbocycles. The van der Waals surface area contributed by atoms with Gasteiger partial charge in [-0.05, 0) is 139 Å². The second kappa shape index (κ2) is 21.9. The highest BCUT2D eigenvalue weighted by molar-refractivity contribution is 5.75. The van der Waals surface area contributed by atoms with Crippen molar-refractivity contribution in [2.24, 2.45) is 16.2 Å². The maximum absolute atomic E-state index is 12.0. The van der Waals surface area contributed by atoms with Crippen molar-refractivity contribution in [3.05, 3.63) is 153 Å². The zero-order chi connectivity index (χ0) is 60.4. The molecule has 8 aromatic rings. The maximum atomic E-state index is 12.0. The Balaban J connectivity index is 0.000000237. The standard InChI is InChI=1S/C39H55N3O2.C32H41N3O2/c1-35(2,3)23-38(10,11)28-20-25(33(43)29(21-28)39(12,13)24-36(4,5)6)18-26-19-27(37(7,8)9)22-32(34(26)44)42-40-30-16-14-15-17-31(30)41-42;1-20-14-21(28(36)24(15-20)31(5,6)7)16-22-17-23(32(8,9)19-30(2,3)4)18-27(29(22)37)35-33-25-12-10-11-13-26(25)34-35/h14-17,19-22,43-44H,18,23-24H2,1-13H3;10-15,17-18,36-37H,16,19H2,1-9H3. The number of aromatic nitrogens is 6. The third-order valence-corrected chi connectivity index (χ3v) is 15.5. The Kier molecular flexibility index (Phi) is 16.7. The summed E-state index contributed by atoms with van der Waals surface area (Å²) >= 11 is 0. The SMILES string of the molecule is CC(C)(C)CC(C)(C)c1cc(Cc2cc(C(C)(C)C)cc(-n3nc4ccccc4n3)c2O)c(O)c(C(C)(C)CC(C)(C)C)c1.Cc1cc(Cc2cc(C(C)(C)CC(C)(C)C)cc(-n3nc4ccccc4n3)c2O)c(O)c(C(C)(C)C)c1. The molecule has 0 saturated heterocycles. The lowest BCUT2D eigenvalue weighted by atomic mass is 9.68. The van der Waals surface area contributed by atoms with Crippen LogP contribution >= 0.6 is 0 Å². The van der Waals surface area contributed by atoms with Crippen LogP contribution in [0.15, 0.2) is 97.1 Å². The largest absolute Gasteiger partial charge is 0.507 e. The summed E-state index contributed by atoms with van der Waals surface area (Å²) in [5.41, 5.74) is 13.1. The van der Waals surface area contributed by atoms with E-state index < -0.39 is 0 Å². The number of fused-ring (bicyclic) bond motifs is 2. The van der Waals surface area contributed by atoms with Crippen LogP contribution in [0.1, 0.15) is 220 Å². The molecule has 0 saturated carbocycles. The molecule has 0 aliphatic heterocycles. The first kappa shape index (κ1) is 61.9. The molecular weight excluding hydrogens is 1000 g/mol. The normalized spacial score (nSPS) is 13.3. The molecule has 4 N–H and O–H groups in total. The van der Waals surface area contributed by atoms with Gasteiger partial charge in [0.15, 0.2) is 0 Å². The van der Waals surface area contributed by atoms with Crippen molar-refractivity contribution in [1.29, 1.82) is 0 Å². The Labute approximate surface area is 485 Å². The fourth-order valence-electron chi connectivity index (χ4n) is 12.7. The summed E-state index contributed by atoms with van der Waals surface area (Å²) in [4.78, 5) is 3.08. The van der Waals surface area contributed by atoms with Gasteiger partial charge in [-0.25, -0.2) is 0 Å². The number of aromatic hydroxyl groups is 4. The lowest BCUT2D eigenvalue weighted by Crippen LogP contribution is -2.28. The molecule has 10 heteroatoms. The fourth-order valence-corrected chi connectivity index (χ4v) is 12.7. The molecule has 0 atom stereocenters. The van der Waals surface area contributed by atoms with E-state index in [1.54, 1.807) is 4.80 Å². The van der Waals surface area contributed by atoms with Crippen molar-refractivity contribution < 1.29 is 20.4 Å². The van der Waals surface area contributed by atoms with Crippen molar-refractivity contribution in [2.45, 2.75) is 212 Å². The number of nitrogens with zero attached hydrogens (tertiary/aromatic N) is 6. The van der Waals surface area contributed by atoms with Crippen molar-refractivity contribution in [3.63, 3.8) is 0 Å². The molecule has 0 unspecified atom stereocenters. The van der Waals surface area contributed by atoms with E-state index in [1.165, 1.54) is 10.4 Å². The van der Waals surface area contributed by atoms with E-state index in [1.807, 2.05) is 79.7 Å². The Morgan fingerprint density at radius 3 is 1.04 bits per heavy atom. The van der Waals surface area contributed by atoms with Crippen LogP contribution in [0, 0.1) is 23.2 Å². The Bertz CT molecular complexity index is 3510. The van der Waals surface area contributed by atoms with Crippen LogP contribution in [-0.2, 0) is 39.9 Å². The molecule has 0 aliphatic rings. The van der Waals surface area contributed by atoms with Gasteiger partial charge in [0.1, 0.15) is 56.4 Å².